The number of pyridine rings is 1. The molecule has 3 aromatic rings. The summed E-state index contributed by atoms with van der Waals surface area (Å²) in [6, 6.07) is 10.4. The van der Waals surface area contributed by atoms with Gasteiger partial charge in [0, 0.05) is 35.0 Å². The molecule has 5 rings (SSSR count). The quantitative estimate of drug-likeness (QED) is 0.448. The van der Waals surface area contributed by atoms with Gasteiger partial charge >= 0.3 is 0 Å². The monoisotopic (exact) mass is 409 g/mol. The van der Waals surface area contributed by atoms with Gasteiger partial charge in [-0.2, -0.15) is 0 Å². The van der Waals surface area contributed by atoms with Crippen molar-refractivity contribution in [3.05, 3.63) is 59.7 Å². The van der Waals surface area contributed by atoms with Gasteiger partial charge in [-0.05, 0) is 62.5 Å². The van der Waals surface area contributed by atoms with Gasteiger partial charge in [-0.3, -0.25) is 4.98 Å². The molecule has 1 saturated heterocycles. The number of hydrogen-bond acceptors (Lipinski definition) is 5. The van der Waals surface area contributed by atoms with E-state index in [9.17, 15) is 5.21 Å². The van der Waals surface area contributed by atoms with Crippen LogP contribution in [0.15, 0.2) is 47.9 Å². The van der Waals surface area contributed by atoms with E-state index in [1.54, 1.807) is 0 Å². The predicted molar refractivity (Wildman–Crippen MR) is 116 cm³/mol. The second-order valence-electron chi connectivity index (χ2n) is 7.52. The average Bonchev–Trinajstić information content (AvgIpc) is 3.39. The molecular formula is C22H24ClN5O. The molecular weight excluding hydrogens is 386 g/mol. The van der Waals surface area contributed by atoms with Crippen molar-refractivity contribution < 1.29 is 5.21 Å². The van der Waals surface area contributed by atoms with Gasteiger partial charge in [0.25, 0.3) is 0 Å². The molecule has 1 fully saturated rings. The molecule has 150 valence electrons. The number of hydrogen-bond donors (Lipinski definition) is 3. The molecule has 0 saturated carbocycles. The molecule has 0 amide bonds. The number of piperidine rings is 1. The zero-order valence-electron chi connectivity index (χ0n) is 16.1. The molecule has 1 aromatic carbocycles. The number of H-pyrrole nitrogens is 1. The lowest BCUT2D eigenvalue weighted by Crippen LogP contribution is -2.27. The van der Waals surface area contributed by atoms with Crippen molar-refractivity contribution in [2.24, 2.45) is 5.16 Å². The number of imidazole rings is 1. The molecule has 0 atom stereocenters. The van der Waals surface area contributed by atoms with Gasteiger partial charge in [-0.15, -0.1) is 12.4 Å². The van der Waals surface area contributed by atoms with Crippen molar-refractivity contribution in [1.29, 1.82) is 0 Å². The number of rotatable bonds is 3. The number of aromatic amines is 1. The number of halogens is 1. The van der Waals surface area contributed by atoms with Crippen LogP contribution in [0, 0.1) is 0 Å². The molecule has 3 N–H and O–H groups in total. The summed E-state index contributed by atoms with van der Waals surface area (Å²) in [6.45, 7) is 2.07. The van der Waals surface area contributed by atoms with Crippen molar-refractivity contribution in [1.82, 2.24) is 20.3 Å². The first-order chi connectivity index (χ1) is 13.8. The number of benzene rings is 1. The molecule has 7 heteroatoms. The lowest BCUT2D eigenvalue weighted by Gasteiger charge is -2.20. The van der Waals surface area contributed by atoms with Gasteiger partial charge in [0.1, 0.15) is 5.82 Å². The summed E-state index contributed by atoms with van der Waals surface area (Å²) in [5, 5.41) is 16.1. The topological polar surface area (TPSA) is 86.2 Å². The second kappa shape index (κ2) is 8.35. The average molecular weight is 410 g/mol. The lowest BCUT2D eigenvalue weighted by atomic mass is 9.97. The smallest absolute Gasteiger partial charge is 0.110 e. The maximum absolute atomic E-state index is 9.20. The van der Waals surface area contributed by atoms with Crippen molar-refractivity contribution in [2.45, 2.75) is 31.6 Å². The van der Waals surface area contributed by atoms with Gasteiger partial charge < -0.3 is 15.5 Å². The summed E-state index contributed by atoms with van der Waals surface area (Å²) in [6.07, 6.45) is 7.52. The number of nitrogens with zero attached hydrogens (tertiary/aromatic N) is 3. The van der Waals surface area contributed by atoms with Crippen molar-refractivity contribution in [3.63, 3.8) is 0 Å². The van der Waals surface area contributed by atoms with Gasteiger partial charge in [-0.25, -0.2) is 4.98 Å². The van der Waals surface area contributed by atoms with Crippen molar-refractivity contribution >= 4 is 18.1 Å². The molecule has 29 heavy (non-hydrogen) atoms. The third-order valence-corrected chi connectivity index (χ3v) is 5.86. The zero-order valence-corrected chi connectivity index (χ0v) is 16.9. The van der Waals surface area contributed by atoms with E-state index in [1.165, 1.54) is 5.56 Å². The molecule has 3 heterocycles. The van der Waals surface area contributed by atoms with Crippen LogP contribution in [0.4, 0.5) is 0 Å². The summed E-state index contributed by atoms with van der Waals surface area (Å²) in [7, 11) is 0. The number of nitrogens with one attached hydrogen (secondary N) is 2. The van der Waals surface area contributed by atoms with Crippen LogP contribution in [0.2, 0.25) is 0 Å². The summed E-state index contributed by atoms with van der Waals surface area (Å²) in [5.41, 5.74) is 7.26. The van der Waals surface area contributed by atoms with Crippen LogP contribution in [0.3, 0.4) is 0 Å². The fourth-order valence-corrected chi connectivity index (χ4v) is 4.34. The zero-order chi connectivity index (χ0) is 18.9. The third kappa shape index (κ3) is 3.66. The molecule has 1 aliphatic heterocycles. The van der Waals surface area contributed by atoms with Crippen LogP contribution in [0.5, 0.6) is 0 Å². The van der Waals surface area contributed by atoms with E-state index in [0.29, 0.717) is 5.92 Å². The van der Waals surface area contributed by atoms with E-state index in [-0.39, 0.29) is 12.4 Å². The Morgan fingerprint density at radius 2 is 1.79 bits per heavy atom. The van der Waals surface area contributed by atoms with Gasteiger partial charge in [0.2, 0.25) is 0 Å². The summed E-state index contributed by atoms with van der Waals surface area (Å²) in [4.78, 5) is 12.8. The highest BCUT2D eigenvalue weighted by Gasteiger charge is 2.24. The number of aromatic nitrogens is 3. The number of aryl methyl sites for hydroxylation is 1. The Morgan fingerprint density at radius 1 is 1.00 bits per heavy atom. The van der Waals surface area contributed by atoms with Crippen LogP contribution < -0.4 is 5.32 Å². The molecule has 2 aliphatic rings. The fourth-order valence-electron chi connectivity index (χ4n) is 4.34. The summed E-state index contributed by atoms with van der Waals surface area (Å²) in [5.74, 6) is 1.53. The van der Waals surface area contributed by atoms with Crippen LogP contribution in [0.25, 0.3) is 22.5 Å². The Labute approximate surface area is 175 Å². The number of fused-ring (bicyclic) bond motifs is 1. The minimum atomic E-state index is 0. The third-order valence-electron chi connectivity index (χ3n) is 5.86. The van der Waals surface area contributed by atoms with E-state index < -0.39 is 0 Å². The SMILES string of the molecule is Cl.O/N=C1\CCc2cc(-c3nc(C4CCNCC4)[nH]c3-c3ccncc3)ccc21. The van der Waals surface area contributed by atoms with Crippen LogP contribution in [0.1, 0.15) is 42.1 Å². The Bertz CT molecular complexity index is 1020. The van der Waals surface area contributed by atoms with E-state index >= 15 is 0 Å². The van der Waals surface area contributed by atoms with E-state index in [0.717, 1.165) is 78.4 Å². The Balaban J connectivity index is 0.00000205. The lowest BCUT2D eigenvalue weighted by molar-refractivity contribution is 0.318. The maximum atomic E-state index is 9.20. The van der Waals surface area contributed by atoms with Crippen LogP contribution >= 0.6 is 12.4 Å². The van der Waals surface area contributed by atoms with Gasteiger partial charge in [0.05, 0.1) is 17.1 Å². The second-order valence-corrected chi connectivity index (χ2v) is 7.52. The van der Waals surface area contributed by atoms with Crippen molar-refractivity contribution in [3.8, 4) is 22.5 Å². The first-order valence-corrected chi connectivity index (χ1v) is 9.89. The Morgan fingerprint density at radius 3 is 2.55 bits per heavy atom. The molecule has 0 radical (unpaired) electrons. The fraction of sp³-hybridized carbons (Fsp3) is 0.318. The highest BCUT2D eigenvalue weighted by Crippen LogP contribution is 2.35. The van der Waals surface area contributed by atoms with Crippen LogP contribution in [-0.2, 0) is 6.42 Å². The summed E-state index contributed by atoms with van der Waals surface area (Å²) >= 11 is 0. The van der Waals surface area contributed by atoms with Crippen LogP contribution in [-0.4, -0.2) is 39.0 Å². The first-order valence-electron chi connectivity index (χ1n) is 9.89. The molecule has 2 aromatic heterocycles. The number of oxime groups is 1. The Hall–Kier alpha value is -2.70. The minimum absolute atomic E-state index is 0. The summed E-state index contributed by atoms with van der Waals surface area (Å²) < 4.78 is 0. The first kappa shape index (κ1) is 19.6. The standard InChI is InChI=1S/C22H23N5O.ClH/c28-27-19-4-2-16-13-17(1-3-18(16)19)21-20(14-5-9-23-10-6-14)25-22(26-21)15-7-11-24-12-8-15;/h1,3,5-6,9-10,13,15,24,28H,2,4,7-8,11-12H2,(H,25,26);1H/b27-19+;. The van der Waals surface area contributed by atoms with Crippen molar-refractivity contribution in [2.75, 3.05) is 13.1 Å². The van der Waals surface area contributed by atoms with Gasteiger partial charge in [-0.1, -0.05) is 17.3 Å². The molecule has 0 spiro atoms. The van der Waals surface area contributed by atoms with E-state index in [1.807, 2.05) is 24.5 Å². The maximum Gasteiger partial charge on any atom is 0.110 e. The molecule has 0 bridgehead atoms. The van der Waals surface area contributed by atoms with E-state index in [2.05, 4.69) is 38.6 Å². The Kier molecular flexibility index (Phi) is 5.65. The predicted octanol–water partition coefficient (Wildman–Crippen LogP) is 4.15. The molecule has 1 aliphatic carbocycles. The highest BCUT2D eigenvalue weighted by molar-refractivity contribution is 6.04. The van der Waals surface area contributed by atoms with E-state index in [4.69, 9.17) is 4.98 Å². The molecule has 6 nitrogen and oxygen atoms in total. The normalized spacial score (nSPS) is 17.9. The largest absolute Gasteiger partial charge is 0.411 e. The minimum Gasteiger partial charge on any atom is -0.411 e. The highest BCUT2D eigenvalue weighted by atomic mass is 35.5. The van der Waals surface area contributed by atoms with Gasteiger partial charge in [0.15, 0.2) is 0 Å². The molecule has 0 unspecified atom stereocenters.